The second kappa shape index (κ2) is 11.1. The zero-order valence-corrected chi connectivity index (χ0v) is 14.7. The molecule has 0 atom stereocenters. The Kier molecular flexibility index (Phi) is 8.35. The van der Waals surface area contributed by atoms with Gasteiger partial charge in [0.25, 0.3) is 0 Å². The topological polar surface area (TPSA) is 59.6 Å². The van der Waals surface area contributed by atoms with Gasteiger partial charge in [-0.3, -0.25) is 4.79 Å². The van der Waals surface area contributed by atoms with E-state index in [4.69, 9.17) is 9.47 Å². The molecule has 0 saturated carbocycles. The van der Waals surface area contributed by atoms with Crippen molar-refractivity contribution in [2.24, 2.45) is 0 Å². The second-order valence-corrected chi connectivity index (χ2v) is 5.51. The molecule has 0 aliphatic rings. The average molecular weight is 342 g/mol. The monoisotopic (exact) mass is 342 g/mol. The highest BCUT2D eigenvalue weighted by molar-refractivity contribution is 5.80. The molecule has 0 aromatic heterocycles. The van der Waals surface area contributed by atoms with E-state index in [1.165, 1.54) is 5.56 Å². The predicted octanol–water partition coefficient (Wildman–Crippen LogP) is 2.87. The summed E-state index contributed by atoms with van der Waals surface area (Å²) >= 11 is 0. The Hall–Kier alpha value is -2.53. The summed E-state index contributed by atoms with van der Waals surface area (Å²) in [6.07, 6.45) is 0.829. The number of benzene rings is 2. The lowest BCUT2D eigenvalue weighted by molar-refractivity contribution is -0.119. The first-order valence-corrected chi connectivity index (χ1v) is 8.63. The third kappa shape index (κ3) is 7.72. The van der Waals surface area contributed by atoms with Gasteiger partial charge in [0.15, 0.2) is 0 Å². The summed E-state index contributed by atoms with van der Waals surface area (Å²) in [4.78, 5) is 11.9. The van der Waals surface area contributed by atoms with Gasteiger partial charge >= 0.3 is 0 Å². The highest BCUT2D eigenvalue weighted by atomic mass is 16.5. The van der Waals surface area contributed by atoms with Crippen molar-refractivity contribution in [3.05, 3.63) is 60.2 Å². The van der Waals surface area contributed by atoms with Gasteiger partial charge in [-0.1, -0.05) is 36.4 Å². The van der Waals surface area contributed by atoms with Crippen LogP contribution in [0.25, 0.3) is 0 Å². The summed E-state index contributed by atoms with van der Waals surface area (Å²) in [6, 6.07) is 17.7. The van der Waals surface area contributed by atoms with E-state index in [1.54, 1.807) is 0 Å². The molecule has 0 unspecified atom stereocenters. The Bertz CT molecular complexity index is 632. The molecule has 0 aliphatic heterocycles. The number of hydrogen-bond acceptors (Lipinski definition) is 4. The minimum atomic E-state index is -0.0291. The number of rotatable bonds is 11. The van der Waals surface area contributed by atoms with Crippen molar-refractivity contribution in [2.45, 2.75) is 13.3 Å². The Balaban J connectivity index is 1.66. The maximum absolute atomic E-state index is 11.9. The number of carbonyl (C=O) groups excluding carboxylic acids is 1. The number of carbonyl (C=O) groups is 1. The fraction of sp³-hybridized carbons (Fsp3) is 0.350. The van der Waals surface area contributed by atoms with Crippen LogP contribution in [0.3, 0.4) is 0 Å². The Morgan fingerprint density at radius 1 is 1.04 bits per heavy atom. The van der Waals surface area contributed by atoms with Crippen LogP contribution in [0.15, 0.2) is 54.6 Å². The van der Waals surface area contributed by atoms with Gasteiger partial charge in [-0.15, -0.1) is 0 Å². The third-order valence-electron chi connectivity index (χ3n) is 3.57. The van der Waals surface area contributed by atoms with Crippen molar-refractivity contribution in [1.82, 2.24) is 5.32 Å². The first-order valence-electron chi connectivity index (χ1n) is 8.63. The first-order chi connectivity index (χ1) is 12.3. The van der Waals surface area contributed by atoms with Gasteiger partial charge in [0, 0.05) is 24.9 Å². The standard InChI is InChI=1S/C20H26N2O3/c1-2-24-13-14-25-19-10-6-9-18(15-19)22-16-20(23)21-12-11-17-7-4-3-5-8-17/h3-10,15,22H,2,11-14,16H2,1H3,(H,21,23). The van der Waals surface area contributed by atoms with Crippen LogP contribution in [0, 0.1) is 0 Å². The largest absolute Gasteiger partial charge is 0.491 e. The lowest BCUT2D eigenvalue weighted by Crippen LogP contribution is -2.31. The second-order valence-electron chi connectivity index (χ2n) is 5.51. The molecule has 0 bridgehead atoms. The molecular formula is C20H26N2O3. The van der Waals surface area contributed by atoms with Gasteiger partial charge in [0.1, 0.15) is 12.4 Å². The summed E-state index contributed by atoms with van der Waals surface area (Å²) in [5, 5.41) is 6.03. The molecule has 0 radical (unpaired) electrons. The summed E-state index contributed by atoms with van der Waals surface area (Å²) in [7, 11) is 0. The third-order valence-corrected chi connectivity index (χ3v) is 3.57. The molecule has 2 aromatic rings. The van der Waals surface area contributed by atoms with Crippen molar-refractivity contribution >= 4 is 11.6 Å². The maximum Gasteiger partial charge on any atom is 0.239 e. The van der Waals surface area contributed by atoms with Crippen LogP contribution in [0.4, 0.5) is 5.69 Å². The van der Waals surface area contributed by atoms with E-state index in [0.717, 1.165) is 17.9 Å². The van der Waals surface area contributed by atoms with E-state index >= 15 is 0 Å². The molecule has 0 fully saturated rings. The minimum Gasteiger partial charge on any atom is -0.491 e. The van der Waals surface area contributed by atoms with Crippen LogP contribution in [0.2, 0.25) is 0 Å². The maximum atomic E-state index is 11.9. The smallest absolute Gasteiger partial charge is 0.239 e. The molecule has 2 aromatic carbocycles. The van der Waals surface area contributed by atoms with Crippen LogP contribution >= 0.6 is 0 Å². The van der Waals surface area contributed by atoms with E-state index in [9.17, 15) is 4.79 Å². The molecule has 0 aliphatic carbocycles. The van der Waals surface area contributed by atoms with Crippen LogP contribution in [0.5, 0.6) is 5.75 Å². The zero-order valence-electron chi connectivity index (χ0n) is 14.7. The molecule has 5 heteroatoms. The van der Waals surface area contributed by atoms with Crippen molar-refractivity contribution < 1.29 is 14.3 Å². The van der Waals surface area contributed by atoms with Gasteiger partial charge in [-0.05, 0) is 31.0 Å². The summed E-state index contributed by atoms with van der Waals surface area (Å²) in [5.41, 5.74) is 2.07. The highest BCUT2D eigenvalue weighted by Gasteiger charge is 2.02. The molecule has 2 rings (SSSR count). The van der Waals surface area contributed by atoms with Crippen molar-refractivity contribution in [3.63, 3.8) is 0 Å². The predicted molar refractivity (Wildman–Crippen MR) is 100 cm³/mol. The molecule has 0 heterocycles. The molecular weight excluding hydrogens is 316 g/mol. The van der Waals surface area contributed by atoms with Gasteiger partial charge in [-0.25, -0.2) is 0 Å². The minimum absolute atomic E-state index is 0.0291. The van der Waals surface area contributed by atoms with E-state index < -0.39 is 0 Å². The summed E-state index contributed by atoms with van der Waals surface area (Å²) in [6.45, 7) is 4.58. The van der Waals surface area contributed by atoms with Crippen LogP contribution in [-0.2, 0) is 16.0 Å². The van der Waals surface area contributed by atoms with E-state index in [1.807, 2.05) is 49.4 Å². The molecule has 5 nitrogen and oxygen atoms in total. The quantitative estimate of drug-likeness (QED) is 0.617. The summed E-state index contributed by atoms with van der Waals surface area (Å²) < 4.78 is 10.8. The molecule has 25 heavy (non-hydrogen) atoms. The molecule has 0 spiro atoms. The van der Waals surface area contributed by atoms with E-state index in [-0.39, 0.29) is 12.5 Å². The van der Waals surface area contributed by atoms with E-state index in [0.29, 0.717) is 26.4 Å². The number of ether oxygens (including phenoxy) is 2. The van der Waals surface area contributed by atoms with Crippen molar-refractivity contribution in [2.75, 3.05) is 38.2 Å². The highest BCUT2D eigenvalue weighted by Crippen LogP contribution is 2.16. The molecule has 134 valence electrons. The molecule has 2 N–H and O–H groups in total. The van der Waals surface area contributed by atoms with Crippen molar-refractivity contribution in [3.8, 4) is 5.75 Å². The molecule has 0 saturated heterocycles. The number of anilines is 1. The van der Waals surface area contributed by atoms with Gasteiger partial charge < -0.3 is 20.1 Å². The number of hydrogen-bond donors (Lipinski definition) is 2. The van der Waals surface area contributed by atoms with Crippen LogP contribution in [0.1, 0.15) is 12.5 Å². The number of amides is 1. The summed E-state index contributed by atoms with van der Waals surface area (Å²) in [5.74, 6) is 0.729. The van der Waals surface area contributed by atoms with Gasteiger partial charge in [0.05, 0.1) is 13.2 Å². The Morgan fingerprint density at radius 2 is 1.88 bits per heavy atom. The van der Waals surface area contributed by atoms with Gasteiger partial charge in [0.2, 0.25) is 5.91 Å². The SMILES string of the molecule is CCOCCOc1cccc(NCC(=O)NCCc2ccccc2)c1. The Labute approximate surface area is 149 Å². The number of nitrogens with one attached hydrogen (secondary N) is 2. The fourth-order valence-corrected chi connectivity index (χ4v) is 2.29. The fourth-order valence-electron chi connectivity index (χ4n) is 2.29. The van der Waals surface area contributed by atoms with Gasteiger partial charge in [-0.2, -0.15) is 0 Å². The Morgan fingerprint density at radius 3 is 2.68 bits per heavy atom. The van der Waals surface area contributed by atoms with E-state index in [2.05, 4.69) is 22.8 Å². The molecule has 1 amide bonds. The average Bonchev–Trinajstić information content (AvgIpc) is 2.65. The normalized spacial score (nSPS) is 10.3. The lowest BCUT2D eigenvalue weighted by atomic mass is 10.1. The van der Waals surface area contributed by atoms with Crippen LogP contribution < -0.4 is 15.4 Å². The van der Waals surface area contributed by atoms with Crippen molar-refractivity contribution in [1.29, 1.82) is 0 Å². The zero-order chi connectivity index (χ0) is 17.7. The lowest BCUT2D eigenvalue weighted by Gasteiger charge is -2.10. The van der Waals surface area contributed by atoms with Crippen LogP contribution in [-0.4, -0.2) is 38.8 Å². The first kappa shape index (κ1) is 18.8.